The number of guanidine groups is 1. The largest absolute Gasteiger partial charge is 0.370 e. The zero-order valence-corrected chi connectivity index (χ0v) is 11.1. The number of rotatable bonds is 0. The first-order valence-corrected chi connectivity index (χ1v) is 5.25. The normalized spacial score (nSPS) is 8.81. The standard InChI is InChI=1S/C6H6.C5H12.C2H7N3/c1-2-4-6-5-3-1;1-5(2,3)4;1-5-2(3)4/h1-6H;1-4H3;1H3,(H4,3,4,5). The van der Waals surface area contributed by atoms with Crippen LogP contribution in [-0.2, 0) is 0 Å². The monoisotopic (exact) mass is 223 g/mol. The van der Waals surface area contributed by atoms with Crippen LogP contribution in [0.25, 0.3) is 0 Å². The predicted octanol–water partition coefficient (Wildman–Crippen LogP) is 2.63. The average molecular weight is 223 g/mol. The van der Waals surface area contributed by atoms with Gasteiger partial charge in [-0.25, -0.2) is 0 Å². The van der Waals surface area contributed by atoms with E-state index < -0.39 is 0 Å². The lowest BCUT2D eigenvalue weighted by molar-refractivity contribution is 0.469. The summed E-state index contributed by atoms with van der Waals surface area (Å²) in [6.45, 7) is 8.75. The number of nitrogens with two attached hydrogens (primary N) is 2. The third-order valence-corrected chi connectivity index (χ3v) is 0.925. The second-order valence-electron chi connectivity index (χ2n) is 4.80. The van der Waals surface area contributed by atoms with Crippen molar-refractivity contribution in [2.45, 2.75) is 27.7 Å². The van der Waals surface area contributed by atoms with E-state index in [0.29, 0.717) is 5.41 Å². The molecule has 0 aliphatic heterocycles. The molecule has 0 saturated heterocycles. The van der Waals surface area contributed by atoms with Gasteiger partial charge < -0.3 is 11.5 Å². The van der Waals surface area contributed by atoms with Crippen LogP contribution in [0.5, 0.6) is 0 Å². The second-order valence-corrected chi connectivity index (χ2v) is 4.80. The summed E-state index contributed by atoms with van der Waals surface area (Å²) >= 11 is 0. The Bertz CT molecular complexity index is 224. The third kappa shape index (κ3) is 39.1. The maximum absolute atomic E-state index is 4.82. The van der Waals surface area contributed by atoms with Crippen LogP contribution < -0.4 is 11.5 Å². The van der Waals surface area contributed by atoms with Gasteiger partial charge in [0.05, 0.1) is 0 Å². The molecule has 3 nitrogen and oxygen atoms in total. The van der Waals surface area contributed by atoms with Crippen molar-refractivity contribution < 1.29 is 0 Å². The summed E-state index contributed by atoms with van der Waals surface area (Å²) in [6, 6.07) is 12.0. The van der Waals surface area contributed by atoms with Crippen molar-refractivity contribution in [1.82, 2.24) is 0 Å². The summed E-state index contributed by atoms with van der Waals surface area (Å²) in [5.74, 6) is 0.130. The molecule has 0 aromatic heterocycles. The zero-order chi connectivity index (χ0) is 13.0. The number of hydrogen-bond donors (Lipinski definition) is 2. The highest BCUT2D eigenvalue weighted by Crippen LogP contribution is 2.08. The summed E-state index contributed by atoms with van der Waals surface area (Å²) in [7, 11) is 1.54. The van der Waals surface area contributed by atoms with Crippen LogP contribution in [-0.4, -0.2) is 13.0 Å². The van der Waals surface area contributed by atoms with Gasteiger partial charge in [0.1, 0.15) is 0 Å². The lowest BCUT2D eigenvalue weighted by Gasteiger charge is -2.05. The topological polar surface area (TPSA) is 64.4 Å². The van der Waals surface area contributed by atoms with Gasteiger partial charge in [-0.1, -0.05) is 64.1 Å². The minimum absolute atomic E-state index is 0.130. The number of benzene rings is 1. The van der Waals surface area contributed by atoms with Crippen LogP contribution in [0, 0.1) is 5.41 Å². The molecule has 0 amide bonds. The highest BCUT2D eigenvalue weighted by Gasteiger charge is 1.95. The van der Waals surface area contributed by atoms with Gasteiger partial charge in [0.2, 0.25) is 0 Å². The Labute approximate surface area is 99.6 Å². The molecule has 0 radical (unpaired) electrons. The van der Waals surface area contributed by atoms with E-state index >= 15 is 0 Å². The van der Waals surface area contributed by atoms with Gasteiger partial charge in [-0.3, -0.25) is 4.99 Å². The van der Waals surface area contributed by atoms with Crippen molar-refractivity contribution >= 4 is 5.96 Å². The van der Waals surface area contributed by atoms with Gasteiger partial charge in [-0.15, -0.1) is 0 Å². The Kier molecular flexibility index (Phi) is 10.6. The Balaban J connectivity index is 0. The molecule has 0 bridgehead atoms. The molecule has 1 aromatic carbocycles. The molecule has 0 aliphatic carbocycles. The molecule has 0 unspecified atom stereocenters. The first-order chi connectivity index (χ1) is 7.27. The van der Waals surface area contributed by atoms with E-state index in [1.807, 2.05) is 36.4 Å². The number of hydrogen-bond acceptors (Lipinski definition) is 1. The molecule has 0 aliphatic rings. The summed E-state index contributed by atoms with van der Waals surface area (Å²) in [5, 5.41) is 0. The molecule has 1 aromatic rings. The molecule has 0 fully saturated rings. The SMILES string of the molecule is CC(C)(C)C.CN=C(N)N.c1ccccc1. The molecule has 0 saturated carbocycles. The van der Waals surface area contributed by atoms with E-state index in [2.05, 4.69) is 32.7 Å². The fraction of sp³-hybridized carbons (Fsp3) is 0.462. The fourth-order valence-corrected chi connectivity index (χ4v) is 0.385. The molecule has 16 heavy (non-hydrogen) atoms. The lowest BCUT2D eigenvalue weighted by Crippen LogP contribution is -2.21. The fourth-order valence-electron chi connectivity index (χ4n) is 0.385. The highest BCUT2D eigenvalue weighted by molar-refractivity contribution is 5.75. The van der Waals surface area contributed by atoms with Crippen LogP contribution >= 0.6 is 0 Å². The average Bonchev–Trinajstić information content (AvgIpc) is 2.19. The van der Waals surface area contributed by atoms with Gasteiger partial charge >= 0.3 is 0 Å². The summed E-state index contributed by atoms with van der Waals surface area (Å²) in [6.07, 6.45) is 0. The van der Waals surface area contributed by atoms with Crippen molar-refractivity contribution in [3.63, 3.8) is 0 Å². The van der Waals surface area contributed by atoms with E-state index in [9.17, 15) is 0 Å². The second kappa shape index (κ2) is 10.0. The number of aliphatic imine (C=N–C) groups is 1. The molecule has 4 N–H and O–H groups in total. The van der Waals surface area contributed by atoms with Gasteiger partial charge in [0.15, 0.2) is 5.96 Å². The Morgan fingerprint density at radius 3 is 1.00 bits per heavy atom. The molecule has 0 spiro atoms. The summed E-state index contributed by atoms with van der Waals surface area (Å²) in [5.41, 5.74) is 10.1. The van der Waals surface area contributed by atoms with E-state index in [0.717, 1.165) is 0 Å². The number of nitrogens with zero attached hydrogens (tertiary/aromatic N) is 1. The third-order valence-electron chi connectivity index (χ3n) is 0.925. The van der Waals surface area contributed by atoms with Crippen molar-refractivity contribution in [2.24, 2.45) is 21.9 Å². The maximum atomic E-state index is 4.82. The molecule has 1 rings (SSSR count). The van der Waals surface area contributed by atoms with Crippen LogP contribution in [0.3, 0.4) is 0 Å². The van der Waals surface area contributed by atoms with Crippen LogP contribution in [0.15, 0.2) is 41.4 Å². The Morgan fingerprint density at radius 1 is 0.812 bits per heavy atom. The highest BCUT2D eigenvalue weighted by atomic mass is 15.0. The van der Waals surface area contributed by atoms with E-state index in [1.165, 1.54) is 7.05 Å². The minimum Gasteiger partial charge on any atom is -0.370 e. The van der Waals surface area contributed by atoms with Crippen molar-refractivity contribution in [1.29, 1.82) is 0 Å². The van der Waals surface area contributed by atoms with Gasteiger partial charge in [-0.05, 0) is 5.41 Å². The minimum atomic E-state index is 0.130. The first-order valence-electron chi connectivity index (χ1n) is 5.25. The van der Waals surface area contributed by atoms with Crippen molar-refractivity contribution in [3.8, 4) is 0 Å². The molecule has 3 heteroatoms. The quantitative estimate of drug-likeness (QED) is 0.524. The van der Waals surface area contributed by atoms with Gasteiger partial charge in [0.25, 0.3) is 0 Å². The van der Waals surface area contributed by atoms with E-state index in [-0.39, 0.29) is 5.96 Å². The van der Waals surface area contributed by atoms with Crippen LogP contribution in [0.2, 0.25) is 0 Å². The smallest absolute Gasteiger partial charge is 0.185 e. The molecular formula is C13H25N3. The van der Waals surface area contributed by atoms with Gasteiger partial charge in [0, 0.05) is 7.05 Å². The van der Waals surface area contributed by atoms with E-state index in [4.69, 9.17) is 11.5 Å². The van der Waals surface area contributed by atoms with Crippen molar-refractivity contribution in [3.05, 3.63) is 36.4 Å². The zero-order valence-electron chi connectivity index (χ0n) is 11.1. The van der Waals surface area contributed by atoms with Crippen LogP contribution in [0.4, 0.5) is 0 Å². The van der Waals surface area contributed by atoms with Crippen molar-refractivity contribution in [2.75, 3.05) is 7.05 Å². The molecule has 92 valence electrons. The molecule has 0 atom stereocenters. The molecule has 0 heterocycles. The summed E-state index contributed by atoms with van der Waals surface area (Å²) in [4.78, 5) is 3.36. The lowest BCUT2D eigenvalue weighted by atomic mass is 10.0. The van der Waals surface area contributed by atoms with E-state index in [1.54, 1.807) is 0 Å². The Hall–Kier alpha value is -1.51. The van der Waals surface area contributed by atoms with Gasteiger partial charge in [-0.2, -0.15) is 0 Å². The Morgan fingerprint density at radius 2 is 0.938 bits per heavy atom. The molecular weight excluding hydrogens is 198 g/mol. The maximum Gasteiger partial charge on any atom is 0.185 e. The summed E-state index contributed by atoms with van der Waals surface area (Å²) < 4.78 is 0. The van der Waals surface area contributed by atoms with Crippen LogP contribution in [0.1, 0.15) is 27.7 Å². The first kappa shape index (κ1) is 16.9. The predicted molar refractivity (Wildman–Crippen MR) is 73.3 cm³/mol.